The molecule has 2 aliphatic heterocycles. The molecule has 0 radical (unpaired) electrons. The lowest BCUT2D eigenvalue weighted by Gasteiger charge is -2.43. The Morgan fingerprint density at radius 1 is 0.975 bits per heavy atom. The van der Waals surface area contributed by atoms with Crippen LogP contribution < -0.4 is 10.2 Å². The molecule has 0 atom stereocenters. The predicted molar refractivity (Wildman–Crippen MR) is 165 cm³/mol. The summed E-state index contributed by atoms with van der Waals surface area (Å²) in [6.07, 6.45) is 11.1. The van der Waals surface area contributed by atoms with Crippen molar-refractivity contribution in [1.82, 2.24) is 24.7 Å². The van der Waals surface area contributed by atoms with E-state index in [0.717, 1.165) is 52.5 Å². The number of piperazine rings is 1. The molecule has 1 aliphatic carbocycles. The first kappa shape index (κ1) is 27.4. The summed E-state index contributed by atoms with van der Waals surface area (Å²) in [5.41, 5.74) is 2.41. The van der Waals surface area contributed by atoms with Crippen LogP contribution in [0.3, 0.4) is 0 Å². The van der Waals surface area contributed by atoms with Crippen LogP contribution in [0, 0.1) is 0 Å². The van der Waals surface area contributed by atoms with Crippen molar-refractivity contribution in [2.75, 3.05) is 70.1 Å². The Hall–Kier alpha value is -2.75. The van der Waals surface area contributed by atoms with Gasteiger partial charge in [0.1, 0.15) is 11.6 Å². The SMILES string of the molecule is CCN1CCN(C2CCN(c3ccc(Nc4cc5c(C6CCCC6)c(C(=O)N(C)C)sc5cn4)nc3)CC2)CC1. The number of nitrogens with one attached hydrogen (secondary N) is 1. The molecule has 3 aromatic heterocycles. The van der Waals surface area contributed by atoms with Crippen molar-refractivity contribution in [1.29, 1.82) is 0 Å². The number of amides is 1. The molecule has 1 amide bonds. The molecule has 0 spiro atoms. The molecule has 3 fully saturated rings. The molecule has 9 heteroatoms. The highest BCUT2D eigenvalue weighted by molar-refractivity contribution is 7.21. The molecular weight excluding hydrogens is 518 g/mol. The fourth-order valence-electron chi connectivity index (χ4n) is 6.78. The van der Waals surface area contributed by atoms with Crippen molar-refractivity contribution in [2.45, 2.75) is 57.4 Å². The summed E-state index contributed by atoms with van der Waals surface area (Å²) in [7, 11) is 3.67. The summed E-state index contributed by atoms with van der Waals surface area (Å²) in [5, 5.41) is 4.58. The largest absolute Gasteiger partial charge is 0.370 e. The maximum Gasteiger partial charge on any atom is 0.263 e. The summed E-state index contributed by atoms with van der Waals surface area (Å²) in [6, 6.07) is 7.07. The Morgan fingerprint density at radius 2 is 1.70 bits per heavy atom. The predicted octanol–water partition coefficient (Wildman–Crippen LogP) is 5.40. The quantitative estimate of drug-likeness (QED) is 0.414. The third-order valence-electron chi connectivity index (χ3n) is 9.18. The lowest BCUT2D eigenvalue weighted by atomic mass is 9.94. The van der Waals surface area contributed by atoms with Crippen LogP contribution in [0.15, 0.2) is 30.6 Å². The minimum absolute atomic E-state index is 0.0953. The zero-order chi connectivity index (χ0) is 27.6. The van der Waals surface area contributed by atoms with E-state index in [1.807, 2.05) is 26.5 Å². The zero-order valence-corrected chi connectivity index (χ0v) is 25.1. The number of fused-ring (bicyclic) bond motifs is 1. The van der Waals surface area contributed by atoms with Crippen LogP contribution in [-0.4, -0.2) is 96.5 Å². The molecule has 2 saturated heterocycles. The molecule has 8 nitrogen and oxygen atoms in total. The van der Waals surface area contributed by atoms with Crippen molar-refractivity contribution >= 4 is 44.7 Å². The summed E-state index contributed by atoms with van der Waals surface area (Å²) in [5.74, 6) is 2.11. The Balaban J connectivity index is 1.12. The van der Waals surface area contributed by atoms with E-state index >= 15 is 0 Å². The number of hydrogen-bond donors (Lipinski definition) is 1. The van der Waals surface area contributed by atoms with Gasteiger partial charge < -0.3 is 20.0 Å². The molecular formula is C31H43N7OS. The van der Waals surface area contributed by atoms with Crippen molar-refractivity contribution in [3.05, 3.63) is 41.0 Å². The van der Waals surface area contributed by atoms with Gasteiger partial charge in [-0.2, -0.15) is 0 Å². The van der Waals surface area contributed by atoms with E-state index in [4.69, 9.17) is 4.98 Å². The van der Waals surface area contributed by atoms with Gasteiger partial charge in [-0.25, -0.2) is 9.97 Å². The number of aromatic nitrogens is 2. The molecule has 214 valence electrons. The minimum Gasteiger partial charge on any atom is -0.370 e. The normalized spacial score (nSPS) is 19.9. The van der Waals surface area contributed by atoms with Crippen molar-refractivity contribution < 1.29 is 4.79 Å². The summed E-state index contributed by atoms with van der Waals surface area (Å²) in [6.45, 7) is 10.4. The number of rotatable bonds is 7. The van der Waals surface area contributed by atoms with Crippen molar-refractivity contribution in [3.8, 4) is 0 Å². The number of pyridine rings is 2. The van der Waals surface area contributed by atoms with Gasteiger partial charge in [0.2, 0.25) is 0 Å². The average Bonchev–Trinajstić information content (AvgIpc) is 3.65. The molecule has 0 aromatic carbocycles. The Morgan fingerprint density at radius 3 is 2.35 bits per heavy atom. The standard InChI is InChI=1S/C31H43N7OS/c1-4-36-15-17-38(18-16-36)23-11-13-37(14-12-23)24-9-10-27(32-20-24)34-28-19-25-26(21-33-28)40-30(31(39)35(2)3)29(25)22-7-5-6-8-22/h9-10,19-23H,4-8,11-18H2,1-3H3,(H,32,33,34). The number of carbonyl (C=O) groups is 1. The van der Waals surface area contributed by atoms with Gasteiger partial charge in [0.05, 0.1) is 21.5 Å². The van der Waals surface area contributed by atoms with E-state index in [-0.39, 0.29) is 5.91 Å². The first-order valence-corrected chi connectivity index (χ1v) is 15.9. The smallest absolute Gasteiger partial charge is 0.263 e. The number of piperidine rings is 1. The Labute approximate surface area is 242 Å². The summed E-state index contributed by atoms with van der Waals surface area (Å²) < 4.78 is 1.08. The highest BCUT2D eigenvalue weighted by atomic mass is 32.1. The zero-order valence-electron chi connectivity index (χ0n) is 24.2. The van der Waals surface area contributed by atoms with Crippen molar-refractivity contribution in [2.24, 2.45) is 0 Å². The Kier molecular flexibility index (Phi) is 8.23. The van der Waals surface area contributed by atoms with Gasteiger partial charge in [0, 0.05) is 71.0 Å². The van der Waals surface area contributed by atoms with Gasteiger partial charge in [0.25, 0.3) is 5.91 Å². The maximum absolute atomic E-state index is 13.0. The molecule has 1 saturated carbocycles. The third-order valence-corrected chi connectivity index (χ3v) is 10.3. The fourth-order valence-corrected chi connectivity index (χ4v) is 8.04. The van der Waals surface area contributed by atoms with Crippen LogP contribution in [0.4, 0.5) is 17.3 Å². The van der Waals surface area contributed by atoms with E-state index in [9.17, 15) is 4.79 Å². The number of nitrogens with zero attached hydrogens (tertiary/aromatic N) is 6. The second kappa shape index (κ2) is 12.0. The minimum atomic E-state index is 0.0953. The van der Waals surface area contributed by atoms with Gasteiger partial charge in [-0.1, -0.05) is 19.8 Å². The van der Waals surface area contributed by atoms with Crippen LogP contribution >= 0.6 is 11.3 Å². The second-order valence-corrected chi connectivity index (χ2v) is 12.9. The van der Waals surface area contributed by atoms with E-state index in [2.05, 4.69) is 50.1 Å². The maximum atomic E-state index is 13.0. The Bertz CT molecular complexity index is 1300. The van der Waals surface area contributed by atoms with E-state index in [0.29, 0.717) is 12.0 Å². The molecule has 40 heavy (non-hydrogen) atoms. The van der Waals surface area contributed by atoms with Gasteiger partial charge in [-0.05, 0) is 61.9 Å². The van der Waals surface area contributed by atoms with Crippen LogP contribution in [0.2, 0.25) is 0 Å². The number of carbonyl (C=O) groups excluding carboxylic acids is 1. The lowest BCUT2D eigenvalue weighted by Crippen LogP contribution is -2.53. The van der Waals surface area contributed by atoms with Crippen LogP contribution in [-0.2, 0) is 0 Å². The van der Waals surface area contributed by atoms with Crippen LogP contribution in [0.5, 0.6) is 0 Å². The second-order valence-electron chi connectivity index (χ2n) is 11.8. The highest BCUT2D eigenvalue weighted by Gasteiger charge is 2.29. The summed E-state index contributed by atoms with van der Waals surface area (Å²) >= 11 is 1.58. The first-order chi connectivity index (χ1) is 19.5. The van der Waals surface area contributed by atoms with Gasteiger partial charge in [-0.15, -0.1) is 11.3 Å². The number of anilines is 3. The lowest BCUT2D eigenvalue weighted by molar-refractivity contribution is 0.0831. The highest BCUT2D eigenvalue weighted by Crippen LogP contribution is 2.44. The summed E-state index contributed by atoms with van der Waals surface area (Å²) in [4.78, 5) is 32.8. The van der Waals surface area contributed by atoms with Crippen LogP contribution in [0.1, 0.15) is 66.6 Å². The molecule has 3 aliphatic rings. The van der Waals surface area contributed by atoms with E-state index in [1.54, 1.807) is 16.2 Å². The fraction of sp³-hybridized carbons (Fsp3) is 0.581. The molecule has 3 aromatic rings. The van der Waals surface area contributed by atoms with Crippen LogP contribution in [0.25, 0.3) is 10.1 Å². The van der Waals surface area contributed by atoms with E-state index < -0.39 is 0 Å². The van der Waals surface area contributed by atoms with E-state index in [1.165, 1.54) is 69.7 Å². The first-order valence-electron chi connectivity index (χ1n) is 15.1. The third kappa shape index (κ3) is 5.69. The molecule has 1 N–H and O–H groups in total. The van der Waals surface area contributed by atoms with Gasteiger partial charge in [0.15, 0.2) is 0 Å². The number of likely N-dealkylation sites (N-methyl/N-ethyl adjacent to an activating group) is 1. The number of thiophene rings is 1. The molecule has 0 bridgehead atoms. The number of hydrogen-bond acceptors (Lipinski definition) is 8. The molecule has 5 heterocycles. The monoisotopic (exact) mass is 561 g/mol. The molecule has 6 rings (SSSR count). The average molecular weight is 562 g/mol. The van der Waals surface area contributed by atoms with Crippen molar-refractivity contribution in [3.63, 3.8) is 0 Å². The molecule has 0 unspecified atom stereocenters. The van der Waals surface area contributed by atoms with Gasteiger partial charge >= 0.3 is 0 Å². The topological polar surface area (TPSA) is 67.8 Å². The van der Waals surface area contributed by atoms with Gasteiger partial charge in [-0.3, -0.25) is 9.69 Å².